The fourth-order valence-electron chi connectivity index (χ4n) is 2.20. The number of carbonyl (C=O) groups excluding carboxylic acids is 1. The predicted octanol–water partition coefficient (Wildman–Crippen LogP) is 3.31. The van der Waals surface area contributed by atoms with Gasteiger partial charge in [-0.2, -0.15) is 0 Å². The van der Waals surface area contributed by atoms with Crippen LogP contribution in [0.2, 0.25) is 0 Å². The minimum atomic E-state index is -4.02. The average molecular weight is 393 g/mol. The molecule has 1 heterocycles. The molecule has 0 aliphatic heterocycles. The first-order valence-corrected chi connectivity index (χ1v) is 9.05. The van der Waals surface area contributed by atoms with Crippen LogP contribution in [0.25, 0.3) is 0 Å². The van der Waals surface area contributed by atoms with Gasteiger partial charge in [-0.05, 0) is 37.3 Å². The standard InChI is InChI=1S/C17H13F2N3O4S/c1-10-7-16(21-26-10)22-27(24,25)13-4-2-3-11(8-13)17(23)20-15-6-5-12(18)9-14(15)19/h2-9H,1H3,(H,20,23)(H,21,22). The van der Waals surface area contributed by atoms with E-state index in [9.17, 15) is 22.0 Å². The van der Waals surface area contributed by atoms with Crippen LogP contribution in [0.15, 0.2) is 57.9 Å². The summed E-state index contributed by atoms with van der Waals surface area (Å²) < 4.78 is 58.4. The third-order valence-corrected chi connectivity index (χ3v) is 4.81. The second-order valence-corrected chi connectivity index (χ2v) is 7.22. The van der Waals surface area contributed by atoms with E-state index in [0.29, 0.717) is 11.8 Å². The molecule has 7 nitrogen and oxygen atoms in total. The topological polar surface area (TPSA) is 101 Å². The smallest absolute Gasteiger partial charge is 0.263 e. The number of amides is 1. The molecule has 0 fully saturated rings. The van der Waals surface area contributed by atoms with Crippen LogP contribution in [0.3, 0.4) is 0 Å². The predicted molar refractivity (Wildman–Crippen MR) is 92.8 cm³/mol. The van der Waals surface area contributed by atoms with E-state index in [-0.39, 0.29) is 22.0 Å². The maximum atomic E-state index is 13.7. The zero-order valence-electron chi connectivity index (χ0n) is 13.9. The lowest BCUT2D eigenvalue weighted by Gasteiger charge is -2.09. The van der Waals surface area contributed by atoms with Gasteiger partial charge in [0.25, 0.3) is 15.9 Å². The summed E-state index contributed by atoms with van der Waals surface area (Å²) in [6.45, 7) is 1.60. The largest absolute Gasteiger partial charge is 0.360 e. The highest BCUT2D eigenvalue weighted by Crippen LogP contribution is 2.19. The number of aromatic nitrogens is 1. The molecule has 2 N–H and O–H groups in total. The zero-order valence-corrected chi connectivity index (χ0v) is 14.7. The van der Waals surface area contributed by atoms with Gasteiger partial charge in [0.2, 0.25) is 0 Å². The molecular weight excluding hydrogens is 380 g/mol. The van der Waals surface area contributed by atoms with Gasteiger partial charge in [-0.1, -0.05) is 11.2 Å². The van der Waals surface area contributed by atoms with E-state index in [1.807, 2.05) is 0 Å². The van der Waals surface area contributed by atoms with Crippen molar-refractivity contribution in [3.63, 3.8) is 0 Å². The molecule has 27 heavy (non-hydrogen) atoms. The Hall–Kier alpha value is -3.27. The molecule has 0 atom stereocenters. The molecule has 0 spiro atoms. The maximum Gasteiger partial charge on any atom is 0.263 e. The van der Waals surface area contributed by atoms with Gasteiger partial charge in [0.1, 0.15) is 17.4 Å². The highest BCUT2D eigenvalue weighted by atomic mass is 32.2. The third kappa shape index (κ3) is 4.29. The molecule has 0 radical (unpaired) electrons. The number of nitrogens with zero attached hydrogens (tertiary/aromatic N) is 1. The van der Waals surface area contributed by atoms with E-state index in [4.69, 9.17) is 4.52 Å². The van der Waals surface area contributed by atoms with Crippen molar-refractivity contribution in [2.24, 2.45) is 0 Å². The van der Waals surface area contributed by atoms with Crippen LogP contribution in [-0.4, -0.2) is 19.5 Å². The van der Waals surface area contributed by atoms with Gasteiger partial charge in [0.05, 0.1) is 10.6 Å². The van der Waals surface area contributed by atoms with Crippen molar-refractivity contribution in [2.75, 3.05) is 10.0 Å². The van der Waals surface area contributed by atoms with Crippen LogP contribution in [0.1, 0.15) is 16.1 Å². The second-order valence-electron chi connectivity index (χ2n) is 5.53. The van der Waals surface area contributed by atoms with E-state index in [1.165, 1.54) is 24.3 Å². The molecule has 3 rings (SSSR count). The van der Waals surface area contributed by atoms with Crippen molar-refractivity contribution in [1.29, 1.82) is 0 Å². The van der Waals surface area contributed by atoms with Crippen LogP contribution < -0.4 is 10.0 Å². The first-order valence-electron chi connectivity index (χ1n) is 7.57. The molecule has 0 saturated carbocycles. The maximum absolute atomic E-state index is 13.7. The zero-order chi connectivity index (χ0) is 19.6. The lowest BCUT2D eigenvalue weighted by molar-refractivity contribution is 0.102. The molecule has 1 aromatic heterocycles. The van der Waals surface area contributed by atoms with Crippen molar-refractivity contribution in [1.82, 2.24) is 5.16 Å². The summed E-state index contributed by atoms with van der Waals surface area (Å²) >= 11 is 0. The summed E-state index contributed by atoms with van der Waals surface area (Å²) in [6, 6.07) is 9.19. The Labute approximate surface area is 153 Å². The Morgan fingerprint density at radius 2 is 1.89 bits per heavy atom. The van der Waals surface area contributed by atoms with Gasteiger partial charge >= 0.3 is 0 Å². The number of hydrogen-bond donors (Lipinski definition) is 2. The molecule has 0 bridgehead atoms. The molecule has 10 heteroatoms. The number of sulfonamides is 1. The number of halogens is 2. The van der Waals surface area contributed by atoms with Crippen molar-refractivity contribution in [3.05, 3.63) is 71.5 Å². The van der Waals surface area contributed by atoms with Gasteiger partial charge in [-0.3, -0.25) is 9.52 Å². The van der Waals surface area contributed by atoms with Gasteiger partial charge in [-0.25, -0.2) is 17.2 Å². The number of hydrogen-bond acceptors (Lipinski definition) is 5. The van der Waals surface area contributed by atoms with Crippen molar-refractivity contribution in [2.45, 2.75) is 11.8 Å². The lowest BCUT2D eigenvalue weighted by atomic mass is 10.2. The van der Waals surface area contributed by atoms with Gasteiger partial charge in [-0.15, -0.1) is 0 Å². The quantitative estimate of drug-likeness (QED) is 0.693. The molecule has 0 aliphatic carbocycles. The normalized spacial score (nSPS) is 11.2. The number of anilines is 2. The number of carbonyl (C=O) groups is 1. The molecule has 3 aromatic rings. The van der Waals surface area contributed by atoms with Crippen LogP contribution in [-0.2, 0) is 10.0 Å². The van der Waals surface area contributed by atoms with Crippen molar-refractivity contribution >= 4 is 27.4 Å². The molecule has 0 saturated heterocycles. The van der Waals surface area contributed by atoms with E-state index < -0.39 is 27.6 Å². The summed E-state index contributed by atoms with van der Waals surface area (Å²) in [6.07, 6.45) is 0. The first-order chi connectivity index (χ1) is 12.7. The van der Waals surface area contributed by atoms with Crippen LogP contribution in [0, 0.1) is 18.6 Å². The number of rotatable bonds is 5. The minimum absolute atomic E-state index is 0.00395. The van der Waals surface area contributed by atoms with Gasteiger partial charge < -0.3 is 9.84 Å². The summed E-state index contributed by atoms with van der Waals surface area (Å²) in [5.41, 5.74) is -0.260. The SMILES string of the molecule is Cc1cc(NS(=O)(=O)c2cccc(C(=O)Nc3ccc(F)cc3F)c2)no1. The molecule has 2 aromatic carbocycles. The first kappa shape index (κ1) is 18.5. The molecular formula is C17H13F2N3O4S. The third-order valence-electron chi connectivity index (χ3n) is 3.45. The highest BCUT2D eigenvalue weighted by Gasteiger charge is 2.18. The summed E-state index contributed by atoms with van der Waals surface area (Å²) in [5, 5.41) is 5.80. The average Bonchev–Trinajstić information content (AvgIpc) is 3.01. The minimum Gasteiger partial charge on any atom is -0.360 e. The van der Waals surface area contributed by atoms with Crippen LogP contribution >= 0.6 is 0 Å². The summed E-state index contributed by atoms with van der Waals surface area (Å²) in [5.74, 6) is -2.07. The second kappa shape index (κ2) is 7.16. The van der Waals surface area contributed by atoms with E-state index in [0.717, 1.165) is 18.2 Å². The van der Waals surface area contributed by atoms with Crippen LogP contribution in [0.5, 0.6) is 0 Å². The highest BCUT2D eigenvalue weighted by molar-refractivity contribution is 7.92. The summed E-state index contributed by atoms with van der Waals surface area (Å²) in [4.78, 5) is 12.1. The fourth-order valence-corrected chi connectivity index (χ4v) is 3.23. The Morgan fingerprint density at radius 3 is 2.56 bits per heavy atom. The Kier molecular flexibility index (Phi) is 4.91. The van der Waals surface area contributed by atoms with E-state index in [1.54, 1.807) is 6.92 Å². The molecule has 0 aliphatic rings. The number of nitrogens with one attached hydrogen (secondary N) is 2. The lowest BCUT2D eigenvalue weighted by Crippen LogP contribution is -2.16. The number of aryl methyl sites for hydroxylation is 1. The monoisotopic (exact) mass is 393 g/mol. The van der Waals surface area contributed by atoms with Crippen molar-refractivity contribution < 1.29 is 26.5 Å². The molecule has 140 valence electrons. The Balaban J connectivity index is 1.83. The Bertz CT molecular complexity index is 1110. The van der Waals surface area contributed by atoms with E-state index >= 15 is 0 Å². The molecule has 1 amide bonds. The van der Waals surface area contributed by atoms with Crippen molar-refractivity contribution in [3.8, 4) is 0 Å². The summed E-state index contributed by atoms with van der Waals surface area (Å²) in [7, 11) is -4.02. The molecule has 0 unspecified atom stereocenters. The van der Waals surface area contributed by atoms with Gasteiger partial charge in [0.15, 0.2) is 5.82 Å². The van der Waals surface area contributed by atoms with E-state index in [2.05, 4.69) is 15.2 Å². The fraction of sp³-hybridized carbons (Fsp3) is 0.0588. The number of benzene rings is 2. The Morgan fingerprint density at radius 1 is 1.11 bits per heavy atom. The van der Waals surface area contributed by atoms with Crippen LogP contribution in [0.4, 0.5) is 20.3 Å². The van der Waals surface area contributed by atoms with Gasteiger partial charge in [0, 0.05) is 17.7 Å².